The smallest absolute Gasteiger partial charge is 0.322 e. The molecular weight excluding hydrogens is 258 g/mol. The van der Waals surface area contributed by atoms with Crippen molar-refractivity contribution in [3.8, 4) is 0 Å². The molecule has 0 saturated carbocycles. The highest BCUT2D eigenvalue weighted by Gasteiger charge is 2.38. The molecule has 1 fully saturated rings. The lowest BCUT2D eigenvalue weighted by molar-refractivity contribution is -0.142. The van der Waals surface area contributed by atoms with Crippen LogP contribution in [0.25, 0.3) is 0 Å². The van der Waals surface area contributed by atoms with Gasteiger partial charge in [0.1, 0.15) is 10.9 Å². The minimum Gasteiger partial charge on any atom is -0.480 e. The van der Waals surface area contributed by atoms with Gasteiger partial charge in [0.05, 0.1) is 6.20 Å². The SMILES string of the molecule is Cn1cc(S(=O)(=O)N2CCCC[C@@H]2C(=O)O)cn1. The van der Waals surface area contributed by atoms with Crippen molar-refractivity contribution in [2.24, 2.45) is 7.05 Å². The van der Waals surface area contributed by atoms with Crippen LogP contribution in [-0.2, 0) is 21.9 Å². The van der Waals surface area contributed by atoms with Gasteiger partial charge >= 0.3 is 5.97 Å². The van der Waals surface area contributed by atoms with E-state index in [2.05, 4.69) is 5.10 Å². The molecule has 0 radical (unpaired) electrons. The van der Waals surface area contributed by atoms with Gasteiger partial charge in [-0.1, -0.05) is 0 Å². The molecular formula is C10H15N3O4S. The molecule has 2 heterocycles. The number of hydrogen-bond acceptors (Lipinski definition) is 4. The molecule has 1 aliphatic heterocycles. The first-order valence-corrected chi connectivity index (χ1v) is 7.10. The van der Waals surface area contributed by atoms with Crippen molar-refractivity contribution in [2.45, 2.75) is 30.2 Å². The van der Waals surface area contributed by atoms with Gasteiger partial charge in [0.2, 0.25) is 10.0 Å². The van der Waals surface area contributed by atoms with E-state index in [1.54, 1.807) is 7.05 Å². The van der Waals surface area contributed by atoms with Crippen LogP contribution in [0.4, 0.5) is 0 Å². The van der Waals surface area contributed by atoms with Crippen LogP contribution in [0.3, 0.4) is 0 Å². The molecule has 1 saturated heterocycles. The largest absolute Gasteiger partial charge is 0.480 e. The lowest BCUT2D eigenvalue weighted by Gasteiger charge is -2.31. The molecule has 0 amide bonds. The Labute approximate surface area is 105 Å². The third-order valence-electron chi connectivity index (χ3n) is 3.03. The number of hydrogen-bond donors (Lipinski definition) is 1. The molecule has 0 spiro atoms. The molecule has 0 aromatic carbocycles. The molecule has 0 unspecified atom stereocenters. The molecule has 0 aliphatic carbocycles. The van der Waals surface area contributed by atoms with E-state index in [4.69, 9.17) is 5.11 Å². The fraction of sp³-hybridized carbons (Fsp3) is 0.600. The summed E-state index contributed by atoms with van der Waals surface area (Å²) in [6, 6.07) is -0.969. The molecule has 8 heteroatoms. The maximum atomic E-state index is 12.3. The Morgan fingerprint density at radius 2 is 2.22 bits per heavy atom. The number of piperidine rings is 1. The Morgan fingerprint density at radius 1 is 1.50 bits per heavy atom. The van der Waals surface area contributed by atoms with Crippen molar-refractivity contribution >= 4 is 16.0 Å². The van der Waals surface area contributed by atoms with E-state index in [9.17, 15) is 13.2 Å². The lowest BCUT2D eigenvalue weighted by atomic mass is 10.1. The topological polar surface area (TPSA) is 92.5 Å². The zero-order chi connectivity index (χ0) is 13.3. The first-order chi connectivity index (χ1) is 8.43. The molecule has 1 aromatic rings. The molecule has 1 aromatic heterocycles. The predicted molar refractivity (Wildman–Crippen MR) is 62.4 cm³/mol. The maximum absolute atomic E-state index is 12.3. The van der Waals surface area contributed by atoms with Crippen molar-refractivity contribution in [1.29, 1.82) is 0 Å². The molecule has 1 aliphatic rings. The minimum absolute atomic E-state index is 0.0400. The number of rotatable bonds is 3. The summed E-state index contributed by atoms with van der Waals surface area (Å²) in [5.41, 5.74) is 0. The average Bonchev–Trinajstić information content (AvgIpc) is 2.76. The third-order valence-corrected chi connectivity index (χ3v) is 4.89. The van der Waals surface area contributed by atoms with Crippen LogP contribution in [0, 0.1) is 0 Å². The first kappa shape index (κ1) is 13.0. The number of carbonyl (C=O) groups is 1. The van der Waals surface area contributed by atoms with Crippen molar-refractivity contribution in [2.75, 3.05) is 6.54 Å². The summed E-state index contributed by atoms with van der Waals surface area (Å²) < 4.78 is 27.1. The van der Waals surface area contributed by atoms with Crippen molar-refractivity contribution in [1.82, 2.24) is 14.1 Å². The molecule has 1 N–H and O–H groups in total. The number of carboxylic acid groups (broad SMARTS) is 1. The summed E-state index contributed by atoms with van der Waals surface area (Å²) >= 11 is 0. The number of aryl methyl sites for hydroxylation is 1. The Kier molecular flexibility index (Phi) is 3.40. The van der Waals surface area contributed by atoms with Crippen LogP contribution < -0.4 is 0 Å². The van der Waals surface area contributed by atoms with Crippen molar-refractivity contribution in [3.63, 3.8) is 0 Å². The van der Waals surface area contributed by atoms with E-state index in [1.165, 1.54) is 17.1 Å². The van der Waals surface area contributed by atoms with Crippen LogP contribution in [0.15, 0.2) is 17.3 Å². The number of sulfonamides is 1. The van der Waals surface area contributed by atoms with Gasteiger partial charge in [-0.3, -0.25) is 9.48 Å². The monoisotopic (exact) mass is 273 g/mol. The van der Waals surface area contributed by atoms with Gasteiger partial charge in [-0.25, -0.2) is 8.42 Å². The Morgan fingerprint density at radius 3 is 2.78 bits per heavy atom. The average molecular weight is 273 g/mol. The molecule has 2 rings (SSSR count). The van der Waals surface area contributed by atoms with E-state index in [0.29, 0.717) is 12.8 Å². The molecule has 18 heavy (non-hydrogen) atoms. The van der Waals surface area contributed by atoms with Gasteiger partial charge in [-0.15, -0.1) is 0 Å². The molecule has 100 valence electrons. The third kappa shape index (κ3) is 2.25. The summed E-state index contributed by atoms with van der Waals surface area (Å²) in [4.78, 5) is 11.2. The number of nitrogens with zero attached hydrogens (tertiary/aromatic N) is 3. The quantitative estimate of drug-likeness (QED) is 0.840. The van der Waals surface area contributed by atoms with E-state index < -0.39 is 22.0 Å². The molecule has 7 nitrogen and oxygen atoms in total. The number of carboxylic acids is 1. The zero-order valence-corrected chi connectivity index (χ0v) is 10.8. The van der Waals surface area contributed by atoms with Crippen LogP contribution >= 0.6 is 0 Å². The highest BCUT2D eigenvalue weighted by atomic mass is 32.2. The normalized spacial score (nSPS) is 21.9. The van der Waals surface area contributed by atoms with Crippen molar-refractivity contribution < 1.29 is 18.3 Å². The van der Waals surface area contributed by atoms with Gasteiger partial charge in [0.15, 0.2) is 0 Å². The summed E-state index contributed by atoms with van der Waals surface area (Å²) in [6.07, 6.45) is 4.39. The summed E-state index contributed by atoms with van der Waals surface area (Å²) in [6.45, 7) is 0.244. The van der Waals surface area contributed by atoms with Gasteiger partial charge in [-0.2, -0.15) is 9.40 Å². The van der Waals surface area contributed by atoms with Gasteiger partial charge in [0, 0.05) is 19.8 Å². The molecule has 1 atom stereocenters. The highest BCUT2D eigenvalue weighted by molar-refractivity contribution is 7.89. The Hall–Kier alpha value is -1.41. The van der Waals surface area contributed by atoms with Crippen LogP contribution in [0.1, 0.15) is 19.3 Å². The summed E-state index contributed by atoms with van der Waals surface area (Å²) in [5, 5.41) is 12.9. The second kappa shape index (κ2) is 4.69. The summed E-state index contributed by atoms with van der Waals surface area (Å²) in [5.74, 6) is -1.10. The van der Waals surface area contributed by atoms with E-state index >= 15 is 0 Å². The van der Waals surface area contributed by atoms with Crippen LogP contribution in [0.5, 0.6) is 0 Å². The first-order valence-electron chi connectivity index (χ1n) is 5.66. The van der Waals surface area contributed by atoms with Gasteiger partial charge in [-0.05, 0) is 19.3 Å². The van der Waals surface area contributed by atoms with Crippen molar-refractivity contribution in [3.05, 3.63) is 12.4 Å². The lowest BCUT2D eigenvalue weighted by Crippen LogP contribution is -2.47. The second-order valence-corrected chi connectivity index (χ2v) is 6.21. The Bertz CT molecular complexity index is 551. The highest BCUT2D eigenvalue weighted by Crippen LogP contribution is 2.25. The Balaban J connectivity index is 2.36. The fourth-order valence-electron chi connectivity index (χ4n) is 2.11. The van der Waals surface area contributed by atoms with Crippen LogP contribution in [0.2, 0.25) is 0 Å². The fourth-order valence-corrected chi connectivity index (χ4v) is 3.74. The predicted octanol–water partition coefficient (Wildman–Crippen LogP) is 0.0479. The van der Waals surface area contributed by atoms with Crippen LogP contribution in [-0.4, -0.2) is 46.2 Å². The van der Waals surface area contributed by atoms with E-state index in [1.807, 2.05) is 0 Å². The second-order valence-electron chi connectivity index (χ2n) is 4.32. The number of aliphatic carboxylic acids is 1. The van der Waals surface area contributed by atoms with Gasteiger partial charge < -0.3 is 5.11 Å². The van der Waals surface area contributed by atoms with E-state index in [-0.39, 0.29) is 11.4 Å². The summed E-state index contributed by atoms with van der Waals surface area (Å²) in [7, 11) is -2.15. The van der Waals surface area contributed by atoms with E-state index in [0.717, 1.165) is 10.7 Å². The zero-order valence-electron chi connectivity index (χ0n) is 9.98. The standard InChI is InChI=1S/C10H15N3O4S/c1-12-7-8(6-11-12)18(16,17)13-5-3-2-4-9(13)10(14)15/h6-7,9H,2-5H2,1H3,(H,14,15)/t9-/m1/s1. The maximum Gasteiger partial charge on any atom is 0.322 e. The number of aromatic nitrogens is 2. The molecule has 0 bridgehead atoms. The minimum atomic E-state index is -3.77. The van der Waals surface area contributed by atoms with Gasteiger partial charge in [0.25, 0.3) is 0 Å².